The Bertz CT molecular complexity index is 365. The van der Waals surface area contributed by atoms with Gasteiger partial charge in [0.2, 0.25) is 0 Å². The molecule has 110 valence electrons. The summed E-state index contributed by atoms with van der Waals surface area (Å²) >= 11 is 0. The first-order valence-corrected chi connectivity index (χ1v) is 8.05. The molecule has 0 aromatic rings. The molecule has 2 aliphatic carbocycles. The fourth-order valence-corrected chi connectivity index (χ4v) is 4.59. The van der Waals surface area contributed by atoms with Crippen molar-refractivity contribution in [3.63, 3.8) is 0 Å². The van der Waals surface area contributed by atoms with Crippen LogP contribution in [0.25, 0.3) is 0 Å². The normalized spacial score (nSPS) is 27.4. The van der Waals surface area contributed by atoms with Gasteiger partial charge >= 0.3 is 0 Å². The van der Waals surface area contributed by atoms with Gasteiger partial charge in [0.25, 0.3) is 0 Å². The summed E-state index contributed by atoms with van der Waals surface area (Å²) in [5.41, 5.74) is -0.275. The third-order valence-corrected chi connectivity index (χ3v) is 5.36. The number of sulfone groups is 1. The summed E-state index contributed by atoms with van der Waals surface area (Å²) in [4.78, 5) is 2.00. The molecule has 1 aliphatic heterocycles. The van der Waals surface area contributed by atoms with E-state index in [0.29, 0.717) is 0 Å². The van der Waals surface area contributed by atoms with Crippen molar-refractivity contribution in [3.8, 4) is 0 Å². The van der Waals surface area contributed by atoms with Crippen LogP contribution in [0.4, 0.5) is 0 Å². The van der Waals surface area contributed by atoms with Gasteiger partial charge in [-0.3, -0.25) is 0 Å². The van der Waals surface area contributed by atoms with Gasteiger partial charge in [-0.1, -0.05) is 0 Å². The predicted octanol–water partition coefficient (Wildman–Crippen LogP) is 1.14. The Morgan fingerprint density at radius 2 is 1.30 bits per heavy atom. The minimum Gasteiger partial charge on any atom is -0.301 e. The van der Waals surface area contributed by atoms with Gasteiger partial charge in [-0.2, -0.15) is 0 Å². The molecule has 5 heteroatoms. The van der Waals surface area contributed by atoms with E-state index in [2.05, 4.69) is 0 Å². The molecule has 0 N–H and O–H groups in total. The van der Waals surface area contributed by atoms with Crippen molar-refractivity contribution in [2.45, 2.75) is 5.54 Å². The van der Waals surface area contributed by atoms with Gasteiger partial charge < -0.3 is 4.90 Å². The van der Waals surface area contributed by atoms with Gasteiger partial charge in [-0.15, -0.1) is 0 Å². The molecule has 10 radical (unpaired) electrons. The molecular weight excluding hydrogens is 314 g/mol. The third kappa shape index (κ3) is 4.22. The first-order valence-electron chi connectivity index (χ1n) is 6.23. The molecule has 1 heterocycles. The molecule has 0 unspecified atom stereocenters. The molecule has 2 saturated carbocycles. The van der Waals surface area contributed by atoms with Crippen molar-refractivity contribution in [1.82, 2.24) is 4.90 Å². The van der Waals surface area contributed by atoms with Crippen LogP contribution in [0.2, 0.25) is 0 Å². The van der Waals surface area contributed by atoms with Crippen LogP contribution < -0.4 is 0 Å². The first-order chi connectivity index (χ1) is 8.96. The van der Waals surface area contributed by atoms with Crippen molar-refractivity contribution in [2.24, 2.45) is 0 Å². The number of rotatable bonds is 2. The second-order valence-electron chi connectivity index (χ2n) is 5.09. The van der Waals surface area contributed by atoms with Crippen LogP contribution in [0, 0.1) is 63.7 Å². The van der Waals surface area contributed by atoms with E-state index in [1.54, 1.807) is 0 Å². The molecule has 3 rings (SSSR count). The molecule has 1 saturated heterocycles. The quantitative estimate of drug-likeness (QED) is 0.711. The molecule has 20 heavy (non-hydrogen) atoms. The standard InChI is InChI=1S/C10H14NO2S.C5H5.Fe/c1-11(2)10(7-14(12,13)8-10)9-5-3-4-6-9;1-2-4-5-3-1;/h3-6H,7-8H2,1-2H3;1-5H;. The first kappa shape index (κ1) is 18.5. The molecule has 3 fully saturated rings. The Kier molecular flexibility index (Phi) is 7.04. The summed E-state index contributed by atoms with van der Waals surface area (Å²) in [7, 11) is 1.06. The van der Waals surface area contributed by atoms with E-state index in [-0.39, 0.29) is 34.1 Å². The Morgan fingerprint density at radius 1 is 0.900 bits per heavy atom. The average Bonchev–Trinajstić information content (AvgIpc) is 3.00. The minimum atomic E-state index is -2.80. The van der Waals surface area contributed by atoms with E-state index >= 15 is 0 Å². The Hall–Kier alpha value is 0.429. The Balaban J connectivity index is 0.000000283. The van der Waals surface area contributed by atoms with Crippen LogP contribution >= 0.6 is 0 Å². The van der Waals surface area contributed by atoms with Gasteiger partial charge in [-0.05, 0) is 71.9 Å². The molecule has 3 nitrogen and oxygen atoms in total. The van der Waals surface area contributed by atoms with E-state index in [1.165, 1.54) is 0 Å². The smallest absolute Gasteiger partial charge is 0.154 e. The molecule has 0 amide bonds. The maximum atomic E-state index is 11.3. The van der Waals surface area contributed by atoms with Gasteiger partial charge in [-0.25, -0.2) is 8.42 Å². The van der Waals surface area contributed by atoms with Crippen molar-refractivity contribution in [3.05, 3.63) is 63.7 Å². The second-order valence-corrected chi connectivity index (χ2v) is 7.16. The van der Waals surface area contributed by atoms with Gasteiger partial charge in [0, 0.05) is 23.0 Å². The van der Waals surface area contributed by atoms with E-state index in [4.69, 9.17) is 0 Å². The average molecular weight is 333 g/mol. The molecule has 0 bridgehead atoms. The monoisotopic (exact) mass is 333 g/mol. The predicted molar refractivity (Wildman–Crippen MR) is 77.0 cm³/mol. The summed E-state index contributed by atoms with van der Waals surface area (Å²) in [5.74, 6) is 1.60. The second kappa shape index (κ2) is 7.62. The van der Waals surface area contributed by atoms with Gasteiger partial charge in [0.1, 0.15) is 0 Å². The van der Waals surface area contributed by atoms with Crippen LogP contribution in [0.5, 0.6) is 0 Å². The van der Waals surface area contributed by atoms with Crippen molar-refractivity contribution in [1.29, 1.82) is 0 Å². The number of hydrogen-bond acceptors (Lipinski definition) is 3. The molecule has 3 aliphatic rings. The zero-order chi connectivity index (χ0) is 13.9. The zero-order valence-corrected chi connectivity index (χ0v) is 13.6. The fraction of sp³-hybridized carbons (Fsp3) is 0.333. The minimum absolute atomic E-state index is 0. The third-order valence-electron chi connectivity index (χ3n) is 3.53. The number of hydrogen-bond donors (Lipinski definition) is 0. The van der Waals surface area contributed by atoms with Crippen LogP contribution in [-0.2, 0) is 26.9 Å². The van der Waals surface area contributed by atoms with Crippen LogP contribution in [0.1, 0.15) is 0 Å². The summed E-state index contributed by atoms with van der Waals surface area (Å²) in [6.07, 6.45) is 17.9. The van der Waals surface area contributed by atoms with Crippen LogP contribution in [0.15, 0.2) is 0 Å². The summed E-state index contributed by atoms with van der Waals surface area (Å²) in [6, 6.07) is 0. The number of nitrogens with zero attached hydrogens (tertiary/aromatic N) is 1. The molecule has 0 atom stereocenters. The molecule has 0 aromatic heterocycles. The van der Waals surface area contributed by atoms with E-state index < -0.39 is 9.84 Å². The summed E-state index contributed by atoms with van der Waals surface area (Å²) in [5, 5.41) is 0. The van der Waals surface area contributed by atoms with Crippen LogP contribution in [-0.4, -0.2) is 44.5 Å². The van der Waals surface area contributed by atoms with Crippen molar-refractivity contribution < 1.29 is 25.5 Å². The van der Waals surface area contributed by atoms with E-state index in [1.807, 2.05) is 76.8 Å². The molecule has 0 aromatic carbocycles. The van der Waals surface area contributed by atoms with E-state index in [9.17, 15) is 8.42 Å². The molecular formula is C15H19FeNO2S. The summed E-state index contributed by atoms with van der Waals surface area (Å²) < 4.78 is 22.6. The Morgan fingerprint density at radius 3 is 1.60 bits per heavy atom. The van der Waals surface area contributed by atoms with Crippen LogP contribution in [0.3, 0.4) is 0 Å². The maximum Gasteiger partial charge on any atom is 0.154 e. The van der Waals surface area contributed by atoms with Gasteiger partial charge in [0.05, 0.1) is 17.0 Å². The van der Waals surface area contributed by atoms with Crippen molar-refractivity contribution >= 4 is 9.84 Å². The molecule has 0 spiro atoms. The largest absolute Gasteiger partial charge is 0.301 e. The maximum absolute atomic E-state index is 11.3. The van der Waals surface area contributed by atoms with Crippen molar-refractivity contribution in [2.75, 3.05) is 25.6 Å². The van der Waals surface area contributed by atoms with E-state index in [0.717, 1.165) is 5.92 Å². The fourth-order valence-electron chi connectivity index (χ4n) is 2.37. The van der Waals surface area contributed by atoms with Gasteiger partial charge in [0.15, 0.2) is 9.84 Å². The Labute approximate surface area is 135 Å². The zero-order valence-electron chi connectivity index (χ0n) is 11.6. The topological polar surface area (TPSA) is 37.4 Å². The summed E-state index contributed by atoms with van der Waals surface area (Å²) in [6.45, 7) is 0. The SMILES string of the molecule is CN(C)C1([C]2[CH][CH][CH][CH]2)CS(=O)(=O)C1.[CH]1[CH][CH][CH][CH]1.[Fe].